The zero-order valence-electron chi connectivity index (χ0n) is 11.0. The Labute approximate surface area is 95.0 Å². The molecule has 0 radical (unpaired) electrons. The van der Waals surface area contributed by atoms with Gasteiger partial charge in [0.25, 0.3) is 0 Å². The summed E-state index contributed by atoms with van der Waals surface area (Å²) >= 11 is 0. The predicted octanol–water partition coefficient (Wildman–Crippen LogP) is 2.97. The molecule has 0 rings (SSSR count). The summed E-state index contributed by atoms with van der Waals surface area (Å²) < 4.78 is 0. The average molecular weight is 213 g/mol. The van der Waals surface area contributed by atoms with Crippen molar-refractivity contribution in [3.05, 3.63) is 0 Å². The minimum Gasteiger partial charge on any atom is -0.299 e. The molecule has 15 heavy (non-hydrogen) atoms. The molecule has 0 aromatic rings. The van der Waals surface area contributed by atoms with Crippen LogP contribution in [0, 0.1) is 11.8 Å². The normalized spacial score (nSPS) is 11.7. The molecule has 0 aromatic heterocycles. The number of hydrogen-bond donors (Lipinski definition) is 0. The van der Waals surface area contributed by atoms with E-state index in [1.54, 1.807) is 6.92 Å². The van der Waals surface area contributed by atoms with E-state index in [1.807, 2.05) is 0 Å². The Hall–Kier alpha value is -0.370. The van der Waals surface area contributed by atoms with Gasteiger partial charge in [-0.2, -0.15) is 0 Å². The van der Waals surface area contributed by atoms with Crippen LogP contribution in [-0.4, -0.2) is 30.3 Å². The summed E-state index contributed by atoms with van der Waals surface area (Å²) in [4.78, 5) is 13.4. The van der Waals surface area contributed by atoms with E-state index >= 15 is 0 Å². The third-order valence-electron chi connectivity index (χ3n) is 2.49. The maximum Gasteiger partial charge on any atom is 0.143 e. The van der Waals surface area contributed by atoms with Crippen LogP contribution >= 0.6 is 0 Å². The van der Waals surface area contributed by atoms with E-state index in [0.717, 1.165) is 24.9 Å². The largest absolute Gasteiger partial charge is 0.299 e. The Morgan fingerprint density at radius 2 is 1.40 bits per heavy atom. The lowest BCUT2D eigenvalue weighted by molar-refractivity contribution is -0.118. The quantitative estimate of drug-likeness (QED) is 0.618. The molecule has 0 aliphatic heterocycles. The van der Waals surface area contributed by atoms with Crippen molar-refractivity contribution >= 4 is 5.78 Å². The molecule has 0 saturated heterocycles. The highest BCUT2D eigenvalue weighted by Gasteiger charge is 2.09. The van der Waals surface area contributed by atoms with Crippen molar-refractivity contribution in [2.45, 2.75) is 47.5 Å². The Morgan fingerprint density at radius 3 is 1.67 bits per heavy atom. The molecule has 0 amide bonds. The fraction of sp³-hybridized carbons (Fsp3) is 0.923. The van der Waals surface area contributed by atoms with Crippen LogP contribution in [0.1, 0.15) is 47.5 Å². The lowest BCUT2D eigenvalue weighted by Crippen LogP contribution is -2.32. The summed E-state index contributed by atoms with van der Waals surface area (Å²) in [7, 11) is 0. The number of nitrogens with zero attached hydrogens (tertiary/aromatic N) is 1. The van der Waals surface area contributed by atoms with Crippen molar-refractivity contribution in [2.75, 3.05) is 19.6 Å². The molecule has 2 heteroatoms. The number of rotatable bonds is 8. The molecule has 0 aromatic carbocycles. The maximum absolute atomic E-state index is 11.1. The van der Waals surface area contributed by atoms with Crippen molar-refractivity contribution in [1.29, 1.82) is 0 Å². The fourth-order valence-corrected chi connectivity index (χ4v) is 1.47. The van der Waals surface area contributed by atoms with Gasteiger partial charge in [-0.15, -0.1) is 0 Å². The number of hydrogen-bond acceptors (Lipinski definition) is 2. The zero-order valence-corrected chi connectivity index (χ0v) is 11.0. The molecule has 0 aliphatic rings. The minimum atomic E-state index is 0.280. The second-order valence-electron chi connectivity index (χ2n) is 5.34. The van der Waals surface area contributed by atoms with Gasteiger partial charge in [0.05, 0.1) is 6.54 Å². The molecule has 0 atom stereocenters. The average Bonchev–Trinajstić information content (AvgIpc) is 2.08. The monoisotopic (exact) mass is 213 g/mol. The van der Waals surface area contributed by atoms with Gasteiger partial charge in [-0.05, 0) is 44.7 Å². The topological polar surface area (TPSA) is 20.3 Å². The standard InChI is InChI=1S/C13H27NO/c1-11(2)6-8-14(10-13(5)15)9-7-12(3)4/h11-12H,6-10H2,1-5H3. The molecule has 0 heterocycles. The van der Waals surface area contributed by atoms with Gasteiger partial charge < -0.3 is 0 Å². The van der Waals surface area contributed by atoms with E-state index in [1.165, 1.54) is 12.8 Å². The Kier molecular flexibility index (Phi) is 7.67. The van der Waals surface area contributed by atoms with Crippen LogP contribution in [0.25, 0.3) is 0 Å². The molecule has 0 spiro atoms. The summed E-state index contributed by atoms with van der Waals surface area (Å²) in [5, 5.41) is 0. The van der Waals surface area contributed by atoms with Crippen LogP contribution in [0.2, 0.25) is 0 Å². The van der Waals surface area contributed by atoms with Crippen LogP contribution in [0.5, 0.6) is 0 Å². The van der Waals surface area contributed by atoms with E-state index < -0.39 is 0 Å². The number of carbonyl (C=O) groups is 1. The van der Waals surface area contributed by atoms with Gasteiger partial charge in [0.2, 0.25) is 0 Å². The van der Waals surface area contributed by atoms with Gasteiger partial charge in [0.1, 0.15) is 5.78 Å². The van der Waals surface area contributed by atoms with E-state index in [4.69, 9.17) is 0 Å². The highest BCUT2D eigenvalue weighted by atomic mass is 16.1. The highest BCUT2D eigenvalue weighted by molar-refractivity contribution is 5.77. The van der Waals surface area contributed by atoms with E-state index in [0.29, 0.717) is 6.54 Å². The van der Waals surface area contributed by atoms with Gasteiger partial charge in [-0.3, -0.25) is 9.69 Å². The smallest absolute Gasteiger partial charge is 0.143 e. The molecule has 2 nitrogen and oxygen atoms in total. The molecule has 0 N–H and O–H groups in total. The van der Waals surface area contributed by atoms with Crippen LogP contribution in [0.15, 0.2) is 0 Å². The van der Waals surface area contributed by atoms with Crippen LogP contribution in [0.3, 0.4) is 0 Å². The summed E-state index contributed by atoms with van der Waals surface area (Å²) in [6.07, 6.45) is 2.37. The van der Waals surface area contributed by atoms with Gasteiger partial charge in [-0.25, -0.2) is 0 Å². The molecule has 90 valence electrons. The molecule has 0 bridgehead atoms. The number of carbonyl (C=O) groups excluding carboxylic acids is 1. The van der Waals surface area contributed by atoms with Crippen molar-refractivity contribution in [2.24, 2.45) is 11.8 Å². The van der Waals surface area contributed by atoms with Gasteiger partial charge in [0, 0.05) is 0 Å². The molecule has 0 fully saturated rings. The third kappa shape index (κ3) is 9.92. The van der Waals surface area contributed by atoms with Gasteiger partial charge >= 0.3 is 0 Å². The lowest BCUT2D eigenvalue weighted by atomic mass is 10.1. The third-order valence-corrected chi connectivity index (χ3v) is 2.49. The Bertz CT molecular complexity index is 163. The van der Waals surface area contributed by atoms with Crippen LogP contribution < -0.4 is 0 Å². The maximum atomic E-state index is 11.1. The molecule has 0 saturated carbocycles. The molecular formula is C13H27NO. The van der Waals surface area contributed by atoms with Gasteiger partial charge in [-0.1, -0.05) is 27.7 Å². The second kappa shape index (κ2) is 7.86. The first-order valence-electron chi connectivity index (χ1n) is 6.13. The minimum absolute atomic E-state index is 0.280. The summed E-state index contributed by atoms with van der Waals surface area (Å²) in [6.45, 7) is 13.3. The predicted molar refractivity (Wildman–Crippen MR) is 66.0 cm³/mol. The molecular weight excluding hydrogens is 186 g/mol. The Balaban J connectivity index is 3.89. The summed E-state index contributed by atoms with van der Waals surface area (Å²) in [5.74, 6) is 1.72. The van der Waals surface area contributed by atoms with Crippen LogP contribution in [-0.2, 0) is 4.79 Å². The van der Waals surface area contributed by atoms with Crippen LogP contribution in [0.4, 0.5) is 0 Å². The van der Waals surface area contributed by atoms with Crippen molar-refractivity contribution < 1.29 is 4.79 Å². The zero-order chi connectivity index (χ0) is 11.8. The van der Waals surface area contributed by atoms with Gasteiger partial charge in [0.15, 0.2) is 0 Å². The van der Waals surface area contributed by atoms with Crippen molar-refractivity contribution in [3.63, 3.8) is 0 Å². The summed E-state index contributed by atoms with van der Waals surface area (Å²) in [5.41, 5.74) is 0. The SMILES string of the molecule is CC(=O)CN(CCC(C)C)CCC(C)C. The molecule has 0 aliphatic carbocycles. The van der Waals surface area contributed by atoms with Crippen molar-refractivity contribution in [3.8, 4) is 0 Å². The summed E-state index contributed by atoms with van der Waals surface area (Å²) in [6, 6.07) is 0. The number of ketones is 1. The fourth-order valence-electron chi connectivity index (χ4n) is 1.47. The first-order chi connectivity index (χ1) is 6.91. The second-order valence-corrected chi connectivity index (χ2v) is 5.34. The van der Waals surface area contributed by atoms with E-state index in [-0.39, 0.29) is 5.78 Å². The number of Topliss-reactive ketones (excluding diaryl/α,β-unsaturated/α-hetero) is 1. The van der Waals surface area contributed by atoms with Crippen molar-refractivity contribution in [1.82, 2.24) is 4.90 Å². The first-order valence-corrected chi connectivity index (χ1v) is 6.13. The lowest BCUT2D eigenvalue weighted by Gasteiger charge is -2.22. The highest BCUT2D eigenvalue weighted by Crippen LogP contribution is 2.06. The Morgan fingerprint density at radius 1 is 1.00 bits per heavy atom. The molecule has 0 unspecified atom stereocenters. The van der Waals surface area contributed by atoms with E-state index in [9.17, 15) is 4.79 Å². The first kappa shape index (κ1) is 14.6. The van der Waals surface area contributed by atoms with E-state index in [2.05, 4.69) is 32.6 Å².